The maximum absolute atomic E-state index is 13.4. The highest BCUT2D eigenvalue weighted by Gasteiger charge is 2.41. The fraction of sp³-hybridized carbons (Fsp3) is 0.333. The molecule has 2 bridgehead atoms. The first kappa shape index (κ1) is 23.8. The fourth-order valence-electron chi connectivity index (χ4n) is 4.34. The van der Waals surface area contributed by atoms with E-state index >= 15 is 0 Å². The van der Waals surface area contributed by atoms with E-state index < -0.39 is 17.8 Å². The molecule has 0 aliphatic carbocycles. The van der Waals surface area contributed by atoms with Crippen molar-refractivity contribution in [3.63, 3.8) is 0 Å². The number of halogens is 3. The molecule has 4 heterocycles. The van der Waals surface area contributed by atoms with Crippen LogP contribution in [0.2, 0.25) is 0 Å². The van der Waals surface area contributed by atoms with Crippen LogP contribution in [0.3, 0.4) is 0 Å². The van der Waals surface area contributed by atoms with E-state index in [1.54, 1.807) is 23.2 Å². The van der Waals surface area contributed by atoms with Crippen molar-refractivity contribution in [1.82, 2.24) is 15.0 Å². The number of aromatic nitrogens is 3. The normalized spacial score (nSPS) is 16.6. The minimum Gasteiger partial charge on any atom is -0.478 e. The van der Waals surface area contributed by atoms with E-state index in [-0.39, 0.29) is 30.6 Å². The van der Waals surface area contributed by atoms with E-state index in [1.165, 1.54) is 18.3 Å². The lowest BCUT2D eigenvalue weighted by atomic mass is 10.1. The van der Waals surface area contributed by atoms with Crippen LogP contribution in [0.15, 0.2) is 48.8 Å². The van der Waals surface area contributed by atoms with Gasteiger partial charge in [-0.05, 0) is 24.6 Å². The van der Waals surface area contributed by atoms with Crippen LogP contribution in [0.5, 0.6) is 5.88 Å². The van der Waals surface area contributed by atoms with Crippen LogP contribution in [0.25, 0.3) is 11.4 Å². The number of aliphatic hydroxyl groups is 1. The van der Waals surface area contributed by atoms with Gasteiger partial charge in [0.05, 0.1) is 30.1 Å². The van der Waals surface area contributed by atoms with Crippen molar-refractivity contribution in [3.8, 4) is 17.3 Å². The molecule has 5 rings (SSSR count). The molecular formula is C24H23F3N6O3. The molecule has 1 atom stereocenters. The number of nitrogens with zero attached hydrogens (tertiary/aromatic N) is 5. The zero-order valence-electron chi connectivity index (χ0n) is 19.1. The molecule has 1 saturated heterocycles. The van der Waals surface area contributed by atoms with E-state index in [0.29, 0.717) is 49.0 Å². The lowest BCUT2D eigenvalue weighted by molar-refractivity contribution is -0.137. The van der Waals surface area contributed by atoms with Gasteiger partial charge in [0.1, 0.15) is 0 Å². The Morgan fingerprint density at radius 3 is 2.89 bits per heavy atom. The fourth-order valence-corrected chi connectivity index (χ4v) is 4.34. The van der Waals surface area contributed by atoms with Gasteiger partial charge in [-0.15, -0.1) is 0 Å². The number of hydrogen-bond acceptors (Lipinski definition) is 7. The lowest BCUT2D eigenvalue weighted by Crippen LogP contribution is -2.48. The molecule has 12 heteroatoms. The number of urea groups is 1. The summed E-state index contributed by atoms with van der Waals surface area (Å²) >= 11 is 0. The van der Waals surface area contributed by atoms with Gasteiger partial charge in [-0.2, -0.15) is 13.2 Å². The molecule has 2 amide bonds. The van der Waals surface area contributed by atoms with Gasteiger partial charge in [-0.3, -0.25) is 4.90 Å². The third-order valence-electron chi connectivity index (χ3n) is 6.05. The Kier molecular flexibility index (Phi) is 6.35. The smallest absolute Gasteiger partial charge is 0.416 e. The van der Waals surface area contributed by atoms with Gasteiger partial charge >= 0.3 is 12.2 Å². The average molecular weight is 500 g/mol. The summed E-state index contributed by atoms with van der Waals surface area (Å²) in [5.41, 5.74) is 0.523. The maximum atomic E-state index is 13.4. The molecule has 9 nitrogen and oxygen atoms in total. The molecular weight excluding hydrogens is 477 g/mol. The lowest BCUT2D eigenvalue weighted by Gasteiger charge is -2.35. The van der Waals surface area contributed by atoms with Crippen LogP contribution in [-0.4, -0.2) is 58.4 Å². The van der Waals surface area contributed by atoms with E-state index in [9.17, 15) is 18.0 Å². The zero-order chi connectivity index (χ0) is 25.3. The Hall–Kier alpha value is -3.93. The third-order valence-corrected chi connectivity index (χ3v) is 6.05. The number of rotatable bonds is 6. The van der Waals surface area contributed by atoms with Gasteiger partial charge in [0.2, 0.25) is 5.88 Å². The summed E-state index contributed by atoms with van der Waals surface area (Å²) in [5.74, 6) is 0.752. The number of ether oxygens (including phenoxy) is 1. The first-order valence-electron chi connectivity index (χ1n) is 11.4. The van der Waals surface area contributed by atoms with Gasteiger partial charge in [0.25, 0.3) is 0 Å². The number of carbonyl (C=O) groups excluding carboxylic acids is 1. The quantitative estimate of drug-likeness (QED) is 0.494. The summed E-state index contributed by atoms with van der Waals surface area (Å²) in [7, 11) is 0. The van der Waals surface area contributed by atoms with Gasteiger partial charge in [0.15, 0.2) is 11.6 Å². The molecule has 1 fully saturated rings. The first-order valence-corrected chi connectivity index (χ1v) is 11.4. The highest BCUT2D eigenvalue weighted by molar-refractivity contribution is 6.04. The van der Waals surface area contributed by atoms with Gasteiger partial charge in [0, 0.05) is 49.6 Å². The minimum atomic E-state index is -4.49. The highest BCUT2D eigenvalue weighted by atomic mass is 19.4. The van der Waals surface area contributed by atoms with E-state index in [0.717, 1.165) is 12.1 Å². The number of hydrogen-bond donors (Lipinski definition) is 2. The van der Waals surface area contributed by atoms with Crippen LogP contribution < -0.4 is 19.9 Å². The number of aliphatic hydroxyl groups excluding tert-OH is 1. The second kappa shape index (κ2) is 9.61. The van der Waals surface area contributed by atoms with Crippen LogP contribution in [0.1, 0.15) is 18.4 Å². The van der Waals surface area contributed by atoms with Crippen molar-refractivity contribution in [2.45, 2.75) is 25.1 Å². The zero-order valence-corrected chi connectivity index (χ0v) is 19.1. The molecule has 3 aromatic rings. The first-order chi connectivity index (χ1) is 17.3. The molecule has 0 radical (unpaired) electrons. The molecule has 2 aliphatic rings. The van der Waals surface area contributed by atoms with E-state index in [1.807, 2.05) is 0 Å². The van der Waals surface area contributed by atoms with Gasteiger partial charge in [-0.25, -0.2) is 19.7 Å². The van der Waals surface area contributed by atoms with Crippen molar-refractivity contribution in [3.05, 3.63) is 54.4 Å². The molecule has 0 saturated carbocycles. The number of anilines is 3. The Morgan fingerprint density at radius 1 is 1.22 bits per heavy atom. The molecule has 2 aromatic heterocycles. The third kappa shape index (κ3) is 4.76. The number of fused-ring (bicyclic) bond motifs is 4. The van der Waals surface area contributed by atoms with Crippen molar-refractivity contribution >= 4 is 23.2 Å². The van der Waals surface area contributed by atoms with Crippen LogP contribution in [-0.2, 0) is 6.18 Å². The average Bonchev–Trinajstić information content (AvgIpc) is 3.28. The molecule has 36 heavy (non-hydrogen) atoms. The van der Waals surface area contributed by atoms with Crippen LogP contribution in [0.4, 0.5) is 35.2 Å². The maximum Gasteiger partial charge on any atom is 0.416 e. The summed E-state index contributed by atoms with van der Waals surface area (Å²) in [6.45, 7) is 1.60. The Labute approximate surface area is 204 Å². The number of carbonyl (C=O) groups is 1. The van der Waals surface area contributed by atoms with E-state index in [2.05, 4.69) is 25.2 Å². The monoisotopic (exact) mass is 500 g/mol. The van der Waals surface area contributed by atoms with Gasteiger partial charge in [-0.1, -0.05) is 12.1 Å². The largest absolute Gasteiger partial charge is 0.478 e. The number of amides is 2. The second-order valence-electron chi connectivity index (χ2n) is 8.48. The summed E-state index contributed by atoms with van der Waals surface area (Å²) in [4.78, 5) is 30.0. The number of nitrogens with one attached hydrogen (secondary N) is 1. The number of pyridine rings is 1. The highest BCUT2D eigenvalue weighted by Crippen LogP contribution is 2.40. The Morgan fingerprint density at radius 2 is 2.08 bits per heavy atom. The van der Waals surface area contributed by atoms with E-state index in [4.69, 9.17) is 9.84 Å². The van der Waals surface area contributed by atoms with Crippen molar-refractivity contribution in [2.24, 2.45) is 0 Å². The Bertz CT molecular complexity index is 1270. The second-order valence-corrected chi connectivity index (χ2v) is 8.48. The molecule has 1 unspecified atom stereocenters. The topological polar surface area (TPSA) is 104 Å². The molecule has 1 aromatic carbocycles. The predicted octanol–water partition coefficient (Wildman–Crippen LogP) is 3.95. The minimum absolute atomic E-state index is 0.00640. The molecule has 2 aliphatic heterocycles. The van der Waals surface area contributed by atoms with Crippen LogP contribution in [0, 0.1) is 0 Å². The Balaban J connectivity index is 1.44. The summed E-state index contributed by atoms with van der Waals surface area (Å²) in [6.07, 6.45) is -0.270. The molecule has 2 N–H and O–H groups in total. The summed E-state index contributed by atoms with van der Waals surface area (Å²) in [6, 6.07) is 7.43. The number of benzene rings is 1. The van der Waals surface area contributed by atoms with Crippen molar-refractivity contribution in [1.29, 1.82) is 0 Å². The van der Waals surface area contributed by atoms with Crippen molar-refractivity contribution in [2.75, 3.05) is 41.4 Å². The molecule has 0 spiro atoms. The predicted molar refractivity (Wildman–Crippen MR) is 126 cm³/mol. The van der Waals surface area contributed by atoms with Crippen LogP contribution >= 0.6 is 0 Å². The number of alkyl halides is 3. The summed E-state index contributed by atoms with van der Waals surface area (Å²) < 4.78 is 45.1. The SMILES string of the molecule is O=C(Nc1ccnc(OCCCO)c1)N1c2nc(-c3cccc(C(F)(F)F)c3)ncc2N2CCC1C2. The van der Waals surface area contributed by atoms with Gasteiger partial charge < -0.3 is 20.1 Å². The molecule has 188 valence electrons. The standard InChI is InChI=1S/C24H23F3N6O3/c25-24(26,27)16-4-1-3-15(11-16)21-29-13-19-22(31-21)33(18-6-8-32(19)14-18)23(35)30-17-5-7-28-20(12-17)36-10-2-9-34/h1,3-5,7,11-13,18,34H,2,6,8-10,14H2,(H,28,30,35). The summed E-state index contributed by atoms with van der Waals surface area (Å²) in [5, 5.41) is 11.8. The van der Waals surface area contributed by atoms with Crippen molar-refractivity contribution < 1.29 is 27.8 Å².